The first-order valence-corrected chi connectivity index (χ1v) is 3.63. The molecule has 1 aromatic heterocycles. The first kappa shape index (κ1) is 7.74. The van der Waals surface area contributed by atoms with E-state index in [1.807, 2.05) is 0 Å². The molecule has 0 unspecified atom stereocenters. The van der Waals surface area contributed by atoms with Crippen LogP contribution in [0.3, 0.4) is 0 Å². The molecule has 1 heterocycles. The molecule has 1 rings (SSSR count). The summed E-state index contributed by atoms with van der Waals surface area (Å²) in [7, 11) is 0. The lowest BCUT2D eigenvalue weighted by Crippen LogP contribution is -2.17. The van der Waals surface area contributed by atoms with E-state index >= 15 is 0 Å². The Morgan fingerprint density at radius 1 is 1.55 bits per heavy atom. The largest absolute Gasteiger partial charge is 0.412 e. The molecule has 1 aromatic rings. The average molecular weight is 171 g/mol. The third-order valence-corrected chi connectivity index (χ3v) is 1.77. The summed E-state index contributed by atoms with van der Waals surface area (Å²) in [5.41, 5.74) is 4.62. The Bertz CT molecular complexity index is 267. The smallest absolute Gasteiger partial charge is 0.372 e. The number of esters is 1. The fourth-order valence-electron chi connectivity index (χ4n) is 0.536. The van der Waals surface area contributed by atoms with Gasteiger partial charge in [-0.3, -0.25) is 0 Å². The highest BCUT2D eigenvalue weighted by atomic mass is 32.1. The Labute approximate surface area is 66.6 Å². The minimum atomic E-state index is -1.08. The molecular formula is C6H5NO3S. The molecule has 0 fully saturated rings. The molecule has 58 valence electrons. The van der Waals surface area contributed by atoms with Crippen molar-refractivity contribution in [1.29, 1.82) is 0 Å². The van der Waals surface area contributed by atoms with E-state index in [4.69, 9.17) is 0 Å². The number of nitrogens with two attached hydrogens (primary N) is 1. The van der Waals surface area contributed by atoms with Crippen LogP contribution < -0.4 is 5.73 Å². The second kappa shape index (κ2) is 3.16. The maximum Gasteiger partial charge on any atom is 0.412 e. The van der Waals surface area contributed by atoms with Crippen molar-refractivity contribution in [3.05, 3.63) is 22.4 Å². The molecule has 0 aliphatic carbocycles. The molecule has 0 aliphatic rings. The van der Waals surface area contributed by atoms with Crippen molar-refractivity contribution >= 4 is 23.4 Å². The van der Waals surface area contributed by atoms with Gasteiger partial charge in [0.1, 0.15) is 4.88 Å². The van der Waals surface area contributed by atoms with Crippen molar-refractivity contribution in [3.63, 3.8) is 0 Å². The SMILES string of the molecule is NC(=O)OC(=O)c1cccs1. The zero-order valence-corrected chi connectivity index (χ0v) is 6.26. The summed E-state index contributed by atoms with van der Waals surface area (Å²) >= 11 is 1.19. The molecule has 2 N–H and O–H groups in total. The van der Waals surface area contributed by atoms with E-state index < -0.39 is 12.1 Å². The number of amides is 1. The topological polar surface area (TPSA) is 69.4 Å². The highest BCUT2D eigenvalue weighted by Crippen LogP contribution is 2.09. The van der Waals surface area contributed by atoms with Crippen LogP contribution >= 0.6 is 11.3 Å². The number of rotatable bonds is 1. The number of thiophene rings is 1. The van der Waals surface area contributed by atoms with Gasteiger partial charge in [-0.1, -0.05) is 6.07 Å². The van der Waals surface area contributed by atoms with E-state index in [-0.39, 0.29) is 0 Å². The first-order valence-electron chi connectivity index (χ1n) is 2.75. The van der Waals surface area contributed by atoms with E-state index in [1.54, 1.807) is 17.5 Å². The summed E-state index contributed by atoms with van der Waals surface area (Å²) in [6.07, 6.45) is -1.08. The number of carbonyl (C=O) groups is 2. The molecule has 0 spiro atoms. The third kappa shape index (κ3) is 2.05. The van der Waals surface area contributed by atoms with Gasteiger partial charge in [0.2, 0.25) is 0 Å². The van der Waals surface area contributed by atoms with Crippen LogP contribution in [0.1, 0.15) is 9.67 Å². The zero-order valence-electron chi connectivity index (χ0n) is 5.44. The van der Waals surface area contributed by atoms with Crippen LogP contribution in [0.15, 0.2) is 17.5 Å². The van der Waals surface area contributed by atoms with Crippen LogP contribution in [-0.2, 0) is 4.74 Å². The highest BCUT2D eigenvalue weighted by Gasteiger charge is 2.09. The predicted octanol–water partition coefficient (Wildman–Crippen LogP) is 0.984. The van der Waals surface area contributed by atoms with Crippen molar-refractivity contribution < 1.29 is 14.3 Å². The lowest BCUT2D eigenvalue weighted by Gasteiger charge is -1.93. The summed E-state index contributed by atoms with van der Waals surface area (Å²) < 4.78 is 4.10. The first-order chi connectivity index (χ1) is 5.20. The molecule has 5 heteroatoms. The number of hydrogen-bond acceptors (Lipinski definition) is 4. The molecule has 0 saturated carbocycles. The second-order valence-corrected chi connectivity index (χ2v) is 2.63. The summed E-state index contributed by atoms with van der Waals surface area (Å²) in [6, 6.07) is 3.23. The Morgan fingerprint density at radius 2 is 2.27 bits per heavy atom. The number of carbonyl (C=O) groups excluding carboxylic acids is 2. The van der Waals surface area contributed by atoms with Crippen molar-refractivity contribution in [2.75, 3.05) is 0 Å². The lowest BCUT2D eigenvalue weighted by molar-refractivity contribution is 0.0643. The molecule has 0 aliphatic heterocycles. The minimum absolute atomic E-state index is 0.365. The molecular weight excluding hydrogens is 166 g/mol. The van der Waals surface area contributed by atoms with Gasteiger partial charge in [-0.05, 0) is 11.4 Å². The van der Waals surface area contributed by atoms with Crippen LogP contribution in [-0.4, -0.2) is 12.1 Å². The van der Waals surface area contributed by atoms with Gasteiger partial charge in [0.15, 0.2) is 0 Å². The van der Waals surface area contributed by atoms with Gasteiger partial charge in [0.05, 0.1) is 0 Å². The van der Waals surface area contributed by atoms with Gasteiger partial charge in [-0.15, -0.1) is 11.3 Å². The van der Waals surface area contributed by atoms with Crippen molar-refractivity contribution in [2.24, 2.45) is 5.73 Å². The predicted molar refractivity (Wildman–Crippen MR) is 39.3 cm³/mol. The van der Waals surface area contributed by atoms with E-state index in [2.05, 4.69) is 10.5 Å². The fourth-order valence-corrected chi connectivity index (χ4v) is 1.14. The van der Waals surface area contributed by atoms with Gasteiger partial charge in [0.25, 0.3) is 0 Å². The minimum Gasteiger partial charge on any atom is -0.372 e. The summed E-state index contributed by atoms with van der Waals surface area (Å²) in [4.78, 5) is 21.3. The number of hydrogen-bond donors (Lipinski definition) is 1. The van der Waals surface area contributed by atoms with Crippen LogP contribution in [0.2, 0.25) is 0 Å². The van der Waals surface area contributed by atoms with Crippen molar-refractivity contribution in [3.8, 4) is 0 Å². The number of ether oxygens (including phenoxy) is 1. The maximum atomic E-state index is 10.8. The van der Waals surface area contributed by atoms with Gasteiger partial charge in [0, 0.05) is 0 Å². The third-order valence-electron chi connectivity index (χ3n) is 0.916. The Balaban J connectivity index is 2.64. The van der Waals surface area contributed by atoms with Crippen LogP contribution in [0, 0.1) is 0 Å². The Morgan fingerprint density at radius 3 is 2.73 bits per heavy atom. The summed E-state index contributed by atoms with van der Waals surface area (Å²) in [5.74, 6) is -0.701. The molecule has 4 nitrogen and oxygen atoms in total. The average Bonchev–Trinajstić information content (AvgIpc) is 2.35. The van der Waals surface area contributed by atoms with Gasteiger partial charge in [-0.25, -0.2) is 9.59 Å². The highest BCUT2D eigenvalue weighted by molar-refractivity contribution is 7.12. The van der Waals surface area contributed by atoms with Gasteiger partial charge >= 0.3 is 12.1 Å². The van der Waals surface area contributed by atoms with Gasteiger partial charge in [-0.2, -0.15) is 0 Å². The lowest BCUT2D eigenvalue weighted by atomic mass is 10.5. The summed E-state index contributed by atoms with van der Waals surface area (Å²) in [6.45, 7) is 0. The molecule has 0 aromatic carbocycles. The van der Waals surface area contributed by atoms with Gasteiger partial charge < -0.3 is 10.5 Å². The Hall–Kier alpha value is -1.36. The normalized spacial score (nSPS) is 9.09. The van der Waals surface area contributed by atoms with Crippen LogP contribution in [0.25, 0.3) is 0 Å². The summed E-state index contributed by atoms with van der Waals surface area (Å²) in [5, 5.41) is 1.71. The maximum absolute atomic E-state index is 10.8. The molecule has 11 heavy (non-hydrogen) atoms. The molecule has 0 radical (unpaired) electrons. The van der Waals surface area contributed by atoms with Crippen molar-refractivity contribution in [2.45, 2.75) is 0 Å². The van der Waals surface area contributed by atoms with E-state index in [0.29, 0.717) is 4.88 Å². The van der Waals surface area contributed by atoms with E-state index in [9.17, 15) is 9.59 Å². The second-order valence-electron chi connectivity index (χ2n) is 1.69. The van der Waals surface area contributed by atoms with Crippen LogP contribution in [0.5, 0.6) is 0 Å². The standard InChI is InChI=1S/C6H5NO3S/c7-6(9)10-5(8)4-2-1-3-11-4/h1-3H,(H2,7,9). The van der Waals surface area contributed by atoms with E-state index in [0.717, 1.165) is 0 Å². The van der Waals surface area contributed by atoms with E-state index in [1.165, 1.54) is 11.3 Å². The molecule has 0 saturated heterocycles. The molecule has 0 bridgehead atoms. The van der Waals surface area contributed by atoms with Crippen molar-refractivity contribution in [1.82, 2.24) is 0 Å². The quantitative estimate of drug-likeness (QED) is 0.506. The molecule has 1 amide bonds. The molecule has 0 atom stereocenters. The number of primary amides is 1. The Kier molecular flexibility index (Phi) is 2.22. The zero-order chi connectivity index (χ0) is 8.27. The van der Waals surface area contributed by atoms with Crippen LogP contribution in [0.4, 0.5) is 4.79 Å². The monoisotopic (exact) mass is 171 g/mol. The fraction of sp³-hybridized carbons (Fsp3) is 0.